The monoisotopic (exact) mass is 272 g/mol. The van der Waals surface area contributed by atoms with E-state index >= 15 is 0 Å². The lowest BCUT2D eigenvalue weighted by molar-refractivity contribution is 0.0964. The number of aromatic nitrogens is 1. The zero-order valence-electron chi connectivity index (χ0n) is 10.8. The molecule has 18 heavy (non-hydrogen) atoms. The van der Waals surface area contributed by atoms with Gasteiger partial charge in [0.2, 0.25) is 0 Å². The van der Waals surface area contributed by atoms with Crippen molar-refractivity contribution in [2.24, 2.45) is 0 Å². The number of nitrogens with two attached hydrogens (primary N) is 1. The Balaban J connectivity index is 2.99. The first-order valence-corrected chi connectivity index (χ1v) is 6.76. The third kappa shape index (κ3) is 3.33. The van der Waals surface area contributed by atoms with Gasteiger partial charge < -0.3 is 21.1 Å². The summed E-state index contributed by atoms with van der Waals surface area (Å²) in [5, 5.41) is 12.4. The van der Waals surface area contributed by atoms with Crippen LogP contribution in [0.15, 0.2) is 0 Å². The van der Waals surface area contributed by atoms with Crippen LogP contribution in [0.2, 0.25) is 0 Å². The molecule has 0 spiro atoms. The molecule has 1 aromatic rings. The molecule has 0 saturated carbocycles. The second-order valence-electron chi connectivity index (χ2n) is 3.89. The van der Waals surface area contributed by atoms with Crippen molar-refractivity contribution in [1.82, 2.24) is 9.69 Å². The molecule has 0 atom stereocenters. The second kappa shape index (κ2) is 7.17. The summed E-state index contributed by atoms with van der Waals surface area (Å²) in [6, 6.07) is 0. The number of aliphatic hydroxyl groups excluding tert-OH is 1. The van der Waals surface area contributed by atoms with E-state index in [9.17, 15) is 4.79 Å². The predicted molar refractivity (Wildman–Crippen MR) is 74.1 cm³/mol. The van der Waals surface area contributed by atoms with Crippen LogP contribution in [-0.2, 0) is 0 Å². The van der Waals surface area contributed by atoms with Crippen LogP contribution in [0.1, 0.15) is 30.1 Å². The SMILES string of the molecule is CCCCN(CCO)c1snc(N)c1C(=O)NC. The van der Waals surface area contributed by atoms with Gasteiger partial charge in [-0.3, -0.25) is 4.79 Å². The summed E-state index contributed by atoms with van der Waals surface area (Å²) in [5.41, 5.74) is 6.14. The summed E-state index contributed by atoms with van der Waals surface area (Å²) in [4.78, 5) is 13.7. The normalized spacial score (nSPS) is 10.4. The molecular weight excluding hydrogens is 252 g/mol. The van der Waals surface area contributed by atoms with E-state index < -0.39 is 0 Å². The van der Waals surface area contributed by atoms with Crippen molar-refractivity contribution in [1.29, 1.82) is 0 Å². The lowest BCUT2D eigenvalue weighted by Gasteiger charge is -2.22. The Hall–Kier alpha value is -1.34. The van der Waals surface area contributed by atoms with Gasteiger partial charge in [0.1, 0.15) is 10.6 Å². The van der Waals surface area contributed by atoms with Crippen LogP contribution in [0, 0.1) is 0 Å². The van der Waals surface area contributed by atoms with E-state index in [2.05, 4.69) is 16.6 Å². The smallest absolute Gasteiger partial charge is 0.257 e. The van der Waals surface area contributed by atoms with E-state index in [1.807, 2.05) is 4.90 Å². The molecule has 1 aromatic heterocycles. The van der Waals surface area contributed by atoms with Gasteiger partial charge >= 0.3 is 0 Å². The lowest BCUT2D eigenvalue weighted by atomic mass is 10.2. The fourth-order valence-corrected chi connectivity index (χ4v) is 2.49. The quantitative estimate of drug-likeness (QED) is 0.679. The van der Waals surface area contributed by atoms with E-state index in [1.54, 1.807) is 7.05 Å². The number of nitrogen functional groups attached to an aromatic ring is 1. The molecule has 0 fully saturated rings. The molecule has 0 radical (unpaired) electrons. The number of hydrogen-bond acceptors (Lipinski definition) is 6. The van der Waals surface area contributed by atoms with Crippen molar-refractivity contribution in [3.05, 3.63) is 5.56 Å². The molecule has 0 saturated heterocycles. The van der Waals surface area contributed by atoms with Crippen molar-refractivity contribution in [3.63, 3.8) is 0 Å². The second-order valence-corrected chi connectivity index (χ2v) is 4.64. The minimum Gasteiger partial charge on any atom is -0.395 e. The third-order valence-electron chi connectivity index (χ3n) is 2.59. The first-order valence-electron chi connectivity index (χ1n) is 5.98. The van der Waals surface area contributed by atoms with Gasteiger partial charge in [-0.15, -0.1) is 0 Å². The van der Waals surface area contributed by atoms with Crippen molar-refractivity contribution in [3.8, 4) is 0 Å². The van der Waals surface area contributed by atoms with Crippen LogP contribution in [0.5, 0.6) is 0 Å². The molecule has 1 heterocycles. The van der Waals surface area contributed by atoms with Crippen LogP contribution in [0.25, 0.3) is 0 Å². The fraction of sp³-hybridized carbons (Fsp3) is 0.636. The highest BCUT2D eigenvalue weighted by Gasteiger charge is 2.22. The van der Waals surface area contributed by atoms with E-state index in [0.29, 0.717) is 12.1 Å². The Kier molecular flexibility index (Phi) is 5.87. The molecule has 0 aromatic carbocycles. The predicted octanol–water partition coefficient (Wildman–Crippen LogP) is 0.684. The molecule has 0 unspecified atom stereocenters. The Bertz CT molecular complexity index is 394. The number of hydrogen-bond donors (Lipinski definition) is 3. The highest BCUT2D eigenvalue weighted by molar-refractivity contribution is 7.11. The van der Waals surface area contributed by atoms with Crippen LogP contribution in [-0.4, -0.2) is 42.1 Å². The highest BCUT2D eigenvalue weighted by atomic mass is 32.1. The van der Waals surface area contributed by atoms with Crippen LogP contribution in [0.4, 0.5) is 10.8 Å². The first-order chi connectivity index (χ1) is 8.65. The van der Waals surface area contributed by atoms with Gasteiger partial charge in [0, 0.05) is 20.1 Å². The van der Waals surface area contributed by atoms with Crippen LogP contribution < -0.4 is 16.0 Å². The number of carbonyl (C=O) groups excluding carboxylic acids is 1. The molecule has 102 valence electrons. The average molecular weight is 272 g/mol. The topological polar surface area (TPSA) is 91.5 Å². The summed E-state index contributed by atoms with van der Waals surface area (Å²) in [7, 11) is 1.56. The molecular formula is C11H20N4O2S. The maximum Gasteiger partial charge on any atom is 0.257 e. The molecule has 0 aliphatic rings. The van der Waals surface area contributed by atoms with Gasteiger partial charge in [-0.05, 0) is 18.0 Å². The Labute approximate surface area is 111 Å². The summed E-state index contributed by atoms with van der Waals surface area (Å²) < 4.78 is 4.03. The molecule has 4 N–H and O–H groups in total. The number of unbranched alkanes of at least 4 members (excludes halogenated alkanes) is 1. The first kappa shape index (κ1) is 14.7. The van der Waals surface area contributed by atoms with Gasteiger partial charge in [0.25, 0.3) is 5.91 Å². The van der Waals surface area contributed by atoms with Gasteiger partial charge in [-0.25, -0.2) is 0 Å². The maximum atomic E-state index is 11.8. The van der Waals surface area contributed by atoms with Crippen molar-refractivity contribution in [2.45, 2.75) is 19.8 Å². The van der Waals surface area contributed by atoms with E-state index in [1.165, 1.54) is 11.5 Å². The van der Waals surface area contributed by atoms with Gasteiger partial charge in [-0.1, -0.05) is 13.3 Å². The molecule has 0 aliphatic heterocycles. The Morgan fingerprint density at radius 1 is 1.56 bits per heavy atom. The van der Waals surface area contributed by atoms with Gasteiger partial charge in [0.15, 0.2) is 5.82 Å². The summed E-state index contributed by atoms with van der Waals surface area (Å²) >= 11 is 1.20. The Morgan fingerprint density at radius 2 is 2.28 bits per heavy atom. The van der Waals surface area contributed by atoms with Crippen LogP contribution in [0.3, 0.4) is 0 Å². The molecule has 1 amide bonds. The Morgan fingerprint density at radius 3 is 2.83 bits per heavy atom. The van der Waals surface area contributed by atoms with Crippen molar-refractivity contribution in [2.75, 3.05) is 37.4 Å². The minimum absolute atomic E-state index is 0.0364. The lowest BCUT2D eigenvalue weighted by Crippen LogP contribution is -2.30. The maximum absolute atomic E-state index is 11.8. The summed E-state index contributed by atoms with van der Waals surface area (Å²) in [6.45, 7) is 3.39. The zero-order valence-corrected chi connectivity index (χ0v) is 11.6. The number of nitrogens with one attached hydrogen (secondary N) is 1. The summed E-state index contributed by atoms with van der Waals surface area (Å²) in [5.74, 6) is 0.00414. The number of rotatable bonds is 7. The highest BCUT2D eigenvalue weighted by Crippen LogP contribution is 2.30. The number of anilines is 2. The molecule has 0 bridgehead atoms. The number of aliphatic hydroxyl groups is 1. The average Bonchev–Trinajstić information content (AvgIpc) is 2.75. The fourth-order valence-electron chi connectivity index (χ4n) is 1.63. The molecule has 0 aliphatic carbocycles. The summed E-state index contributed by atoms with van der Waals surface area (Å²) in [6.07, 6.45) is 2.04. The number of nitrogens with zero attached hydrogens (tertiary/aromatic N) is 2. The largest absolute Gasteiger partial charge is 0.395 e. The van der Waals surface area contributed by atoms with Crippen LogP contribution >= 0.6 is 11.5 Å². The van der Waals surface area contributed by atoms with E-state index in [4.69, 9.17) is 10.8 Å². The van der Waals surface area contributed by atoms with E-state index in [-0.39, 0.29) is 18.3 Å². The number of amides is 1. The standard InChI is InChI=1S/C11H20N4O2S/c1-3-4-5-15(6-7-16)11-8(10(17)13-2)9(12)14-18-11/h16H,3-7H2,1-2H3,(H2,12,14)(H,13,17). The van der Waals surface area contributed by atoms with E-state index in [0.717, 1.165) is 24.4 Å². The van der Waals surface area contributed by atoms with Crippen molar-refractivity contribution < 1.29 is 9.90 Å². The molecule has 6 nitrogen and oxygen atoms in total. The molecule has 1 rings (SSSR count). The van der Waals surface area contributed by atoms with Crippen molar-refractivity contribution >= 4 is 28.3 Å². The molecule has 7 heteroatoms. The zero-order chi connectivity index (χ0) is 13.5. The van der Waals surface area contributed by atoms with Gasteiger partial charge in [-0.2, -0.15) is 4.37 Å². The number of carbonyl (C=O) groups is 1. The van der Waals surface area contributed by atoms with Gasteiger partial charge in [0.05, 0.1) is 6.61 Å². The minimum atomic E-state index is -0.240. The third-order valence-corrected chi connectivity index (χ3v) is 3.52.